The zero-order valence-electron chi connectivity index (χ0n) is 8.86. The number of esters is 1. The molecule has 4 nitrogen and oxygen atoms in total. The van der Waals surface area contributed by atoms with Crippen LogP contribution in [0.5, 0.6) is 0 Å². The third-order valence-electron chi connectivity index (χ3n) is 2.04. The lowest BCUT2D eigenvalue weighted by Gasteiger charge is -1.96. The van der Waals surface area contributed by atoms with Crippen molar-refractivity contribution in [2.45, 2.75) is 6.92 Å². The van der Waals surface area contributed by atoms with Gasteiger partial charge in [-0.15, -0.1) is 0 Å². The predicted octanol–water partition coefficient (Wildman–Crippen LogP) is 2.05. The van der Waals surface area contributed by atoms with Gasteiger partial charge in [0, 0.05) is 5.56 Å². The van der Waals surface area contributed by atoms with E-state index in [0.717, 1.165) is 5.56 Å². The summed E-state index contributed by atoms with van der Waals surface area (Å²) in [6, 6.07) is 9.54. The first-order chi connectivity index (χ1) is 7.81. The Hall–Kier alpha value is -2.10. The molecule has 0 aliphatic heterocycles. The number of carbonyl (C=O) groups is 1. The smallest absolute Gasteiger partial charge is 0.374 e. The Bertz CT molecular complexity index is 477. The van der Waals surface area contributed by atoms with Gasteiger partial charge in [0.2, 0.25) is 5.82 Å². The molecular weight excluding hydrogens is 204 g/mol. The van der Waals surface area contributed by atoms with Crippen molar-refractivity contribution in [3.63, 3.8) is 0 Å². The van der Waals surface area contributed by atoms with Gasteiger partial charge in [-0.3, -0.25) is 0 Å². The van der Waals surface area contributed by atoms with Crippen LogP contribution in [0.1, 0.15) is 17.5 Å². The highest BCUT2D eigenvalue weighted by molar-refractivity contribution is 5.86. The molecule has 0 fully saturated rings. The summed E-state index contributed by atoms with van der Waals surface area (Å²) in [6.07, 6.45) is 2.82. The van der Waals surface area contributed by atoms with E-state index in [1.54, 1.807) is 6.92 Å². The maximum Gasteiger partial charge on any atom is 0.374 e. The number of carbonyl (C=O) groups excluding carboxylic acids is 1. The molecule has 16 heavy (non-hydrogen) atoms. The fourth-order valence-electron chi connectivity index (χ4n) is 1.31. The minimum atomic E-state index is -0.457. The Morgan fingerprint density at radius 3 is 2.88 bits per heavy atom. The molecule has 81 valence electrons. The van der Waals surface area contributed by atoms with E-state index in [0.29, 0.717) is 12.3 Å². The number of aromatic amines is 1. The van der Waals surface area contributed by atoms with Crippen molar-refractivity contribution in [2.24, 2.45) is 0 Å². The van der Waals surface area contributed by atoms with Crippen LogP contribution in [0.3, 0.4) is 0 Å². The summed E-state index contributed by atoms with van der Waals surface area (Å²) in [6.45, 7) is 2.09. The topological polar surface area (TPSA) is 55.0 Å². The van der Waals surface area contributed by atoms with Crippen LogP contribution in [-0.2, 0) is 4.74 Å². The normalized spacial score (nSPS) is 10.1. The van der Waals surface area contributed by atoms with E-state index in [1.165, 1.54) is 0 Å². The lowest BCUT2D eigenvalue weighted by Crippen LogP contribution is -2.06. The summed E-state index contributed by atoms with van der Waals surface area (Å²) in [4.78, 5) is 18.1. The summed E-state index contributed by atoms with van der Waals surface area (Å²) in [5, 5.41) is 0. The quantitative estimate of drug-likeness (QED) is 0.797. The maximum absolute atomic E-state index is 11.4. The minimum absolute atomic E-state index is 0.181. The minimum Gasteiger partial charge on any atom is -0.460 e. The Morgan fingerprint density at radius 1 is 1.44 bits per heavy atom. The lowest BCUT2D eigenvalue weighted by molar-refractivity contribution is 0.0513. The van der Waals surface area contributed by atoms with Crippen LogP contribution in [0.25, 0.3) is 11.3 Å². The van der Waals surface area contributed by atoms with Gasteiger partial charge in [-0.05, 0) is 6.92 Å². The number of aromatic nitrogens is 2. The molecule has 0 unspecified atom stereocenters. The number of ether oxygens (including phenoxy) is 1. The number of hydrogen-bond acceptors (Lipinski definition) is 3. The van der Waals surface area contributed by atoms with Gasteiger partial charge in [-0.1, -0.05) is 30.3 Å². The van der Waals surface area contributed by atoms with Crippen molar-refractivity contribution in [1.29, 1.82) is 0 Å². The first-order valence-electron chi connectivity index (χ1n) is 5.01. The second kappa shape index (κ2) is 4.61. The molecule has 4 heteroatoms. The fraction of sp³-hybridized carbons (Fsp3) is 0.167. The second-order valence-electron chi connectivity index (χ2n) is 3.15. The third kappa shape index (κ3) is 2.11. The Labute approximate surface area is 93.3 Å². The van der Waals surface area contributed by atoms with Crippen molar-refractivity contribution < 1.29 is 9.53 Å². The van der Waals surface area contributed by atoms with Crippen molar-refractivity contribution in [3.05, 3.63) is 42.4 Å². The van der Waals surface area contributed by atoms with Gasteiger partial charge in [0.05, 0.1) is 18.5 Å². The number of nitrogens with zero attached hydrogens (tertiary/aromatic N) is 1. The SMILES string of the molecule is CCOC(=O)c1nc(-c2ccccc2)[c][nH]1. The monoisotopic (exact) mass is 215 g/mol. The first-order valence-corrected chi connectivity index (χ1v) is 5.01. The molecule has 0 atom stereocenters. The van der Waals surface area contributed by atoms with Crippen LogP contribution in [-0.4, -0.2) is 22.5 Å². The molecule has 2 aromatic rings. The number of nitrogens with one attached hydrogen (secondary N) is 1. The summed E-state index contributed by atoms with van der Waals surface area (Å²) in [5.74, 6) is -0.276. The standard InChI is InChI=1S/C12H11N2O2/c1-2-16-12(15)11-13-8-10(14-11)9-6-4-3-5-7-9/h3-7H,2H2,1H3,(H,13,14). The van der Waals surface area contributed by atoms with Crippen LogP contribution in [0.2, 0.25) is 0 Å². The number of rotatable bonds is 3. The van der Waals surface area contributed by atoms with Crippen molar-refractivity contribution >= 4 is 5.97 Å². The molecule has 1 aromatic carbocycles. The van der Waals surface area contributed by atoms with Crippen LogP contribution in [0.15, 0.2) is 30.3 Å². The first kappa shape index (κ1) is 10.4. The Morgan fingerprint density at radius 2 is 2.19 bits per heavy atom. The van der Waals surface area contributed by atoms with Crippen LogP contribution < -0.4 is 0 Å². The molecule has 0 aliphatic carbocycles. The van der Waals surface area contributed by atoms with Crippen LogP contribution in [0.4, 0.5) is 0 Å². The van der Waals surface area contributed by atoms with Gasteiger partial charge < -0.3 is 9.72 Å². The number of imidazole rings is 1. The summed E-state index contributed by atoms with van der Waals surface area (Å²) in [5.41, 5.74) is 1.53. The summed E-state index contributed by atoms with van der Waals surface area (Å²) >= 11 is 0. The highest BCUT2D eigenvalue weighted by Gasteiger charge is 2.12. The molecule has 0 spiro atoms. The van der Waals surface area contributed by atoms with E-state index in [9.17, 15) is 4.79 Å². The van der Waals surface area contributed by atoms with Gasteiger partial charge in [-0.25, -0.2) is 9.78 Å². The highest BCUT2D eigenvalue weighted by atomic mass is 16.5. The zero-order chi connectivity index (χ0) is 11.4. The van der Waals surface area contributed by atoms with Crippen molar-refractivity contribution in [2.75, 3.05) is 6.61 Å². The third-order valence-corrected chi connectivity index (χ3v) is 2.04. The highest BCUT2D eigenvalue weighted by Crippen LogP contribution is 2.15. The molecule has 0 bridgehead atoms. The van der Waals surface area contributed by atoms with Gasteiger partial charge in [0.1, 0.15) is 0 Å². The van der Waals surface area contributed by atoms with E-state index in [2.05, 4.69) is 16.2 Å². The van der Waals surface area contributed by atoms with Gasteiger partial charge in [0.25, 0.3) is 0 Å². The Kier molecular flexibility index (Phi) is 3.00. The van der Waals surface area contributed by atoms with Crippen LogP contribution in [0, 0.1) is 6.20 Å². The molecule has 2 rings (SSSR count). The average Bonchev–Trinajstić information content (AvgIpc) is 2.80. The molecule has 1 heterocycles. The van der Waals surface area contributed by atoms with Crippen molar-refractivity contribution in [3.8, 4) is 11.3 Å². The lowest BCUT2D eigenvalue weighted by atomic mass is 10.2. The van der Waals surface area contributed by atoms with Gasteiger partial charge in [0.15, 0.2) is 0 Å². The van der Waals surface area contributed by atoms with E-state index < -0.39 is 5.97 Å². The van der Waals surface area contributed by atoms with E-state index in [-0.39, 0.29) is 5.82 Å². The zero-order valence-corrected chi connectivity index (χ0v) is 8.86. The fourth-order valence-corrected chi connectivity index (χ4v) is 1.31. The molecule has 0 amide bonds. The largest absolute Gasteiger partial charge is 0.460 e. The number of hydrogen-bond donors (Lipinski definition) is 1. The average molecular weight is 215 g/mol. The Balaban J connectivity index is 2.23. The number of benzene rings is 1. The second-order valence-corrected chi connectivity index (χ2v) is 3.15. The molecule has 1 radical (unpaired) electrons. The molecule has 0 saturated heterocycles. The summed E-state index contributed by atoms with van der Waals surface area (Å²) < 4.78 is 4.82. The van der Waals surface area contributed by atoms with Gasteiger partial charge in [-0.2, -0.15) is 0 Å². The van der Waals surface area contributed by atoms with E-state index >= 15 is 0 Å². The molecule has 0 saturated carbocycles. The van der Waals surface area contributed by atoms with Crippen LogP contribution >= 0.6 is 0 Å². The maximum atomic E-state index is 11.4. The van der Waals surface area contributed by atoms with Crippen molar-refractivity contribution in [1.82, 2.24) is 9.97 Å². The van der Waals surface area contributed by atoms with E-state index in [1.807, 2.05) is 30.3 Å². The van der Waals surface area contributed by atoms with Gasteiger partial charge >= 0.3 is 5.97 Å². The molecule has 0 aliphatic rings. The molecular formula is C12H11N2O2. The predicted molar refractivity (Wildman–Crippen MR) is 58.8 cm³/mol. The number of H-pyrrole nitrogens is 1. The summed E-state index contributed by atoms with van der Waals surface area (Å²) in [7, 11) is 0. The molecule has 1 aromatic heterocycles. The molecule has 1 N–H and O–H groups in total. The van der Waals surface area contributed by atoms with E-state index in [4.69, 9.17) is 4.74 Å².